The molecular formula is C9H12Si. The molecule has 0 bridgehead atoms. The quantitative estimate of drug-likeness (QED) is 0.520. The van der Waals surface area contributed by atoms with Crippen molar-refractivity contribution in [3.63, 3.8) is 0 Å². The fraction of sp³-hybridized carbons (Fsp3) is 0.222. The summed E-state index contributed by atoms with van der Waals surface area (Å²) in [7, 11) is 0.409. The van der Waals surface area contributed by atoms with Crippen LogP contribution in [0.1, 0.15) is 13.8 Å². The Morgan fingerprint density at radius 1 is 1.10 bits per heavy atom. The van der Waals surface area contributed by atoms with Crippen LogP contribution < -0.4 is 5.19 Å². The molecule has 0 saturated carbocycles. The molecule has 0 amide bonds. The summed E-state index contributed by atoms with van der Waals surface area (Å²) in [5, 5.41) is 3.04. The average molecular weight is 148 g/mol. The monoisotopic (exact) mass is 148 g/mol. The molecule has 0 saturated heterocycles. The summed E-state index contributed by atoms with van der Waals surface area (Å²) < 4.78 is 0. The van der Waals surface area contributed by atoms with E-state index in [0.29, 0.717) is 9.13 Å². The minimum Gasteiger partial charge on any atom is -0.0939 e. The third kappa shape index (κ3) is 2.27. The highest BCUT2D eigenvalue weighted by molar-refractivity contribution is 6.65. The molecule has 0 N–H and O–H groups in total. The van der Waals surface area contributed by atoms with Crippen molar-refractivity contribution in [2.45, 2.75) is 13.8 Å². The molecule has 1 aromatic carbocycles. The Bertz CT molecular complexity index is 220. The van der Waals surface area contributed by atoms with Crippen LogP contribution in [0.15, 0.2) is 30.3 Å². The molecular weight excluding hydrogens is 136 g/mol. The molecule has 0 nitrogen and oxygen atoms in total. The lowest BCUT2D eigenvalue weighted by Gasteiger charge is -1.91. The molecule has 0 atom stereocenters. The minimum atomic E-state index is 0.409. The van der Waals surface area contributed by atoms with E-state index < -0.39 is 0 Å². The summed E-state index contributed by atoms with van der Waals surface area (Å²) in [5.41, 5.74) is 0. The Balaban J connectivity index is 2.87. The standard InChI is InChI=1S/C9H12Si/c1-8(2)10-9-6-4-3-5-7-9/h3-7,10H,1-2H3. The lowest BCUT2D eigenvalue weighted by atomic mass is 10.4. The van der Waals surface area contributed by atoms with Gasteiger partial charge < -0.3 is 0 Å². The highest BCUT2D eigenvalue weighted by Crippen LogP contribution is 1.79. The van der Waals surface area contributed by atoms with Crippen LogP contribution in [-0.2, 0) is 0 Å². The van der Waals surface area contributed by atoms with E-state index in [2.05, 4.69) is 44.2 Å². The Labute approximate surface area is 64.3 Å². The van der Waals surface area contributed by atoms with Gasteiger partial charge in [-0.3, -0.25) is 0 Å². The first-order valence-corrected chi connectivity index (χ1v) is 4.64. The van der Waals surface area contributed by atoms with E-state index in [9.17, 15) is 0 Å². The van der Waals surface area contributed by atoms with Gasteiger partial charge in [-0.2, -0.15) is 0 Å². The summed E-state index contributed by atoms with van der Waals surface area (Å²) in [6, 6.07) is 10.7. The fourth-order valence-corrected chi connectivity index (χ4v) is 1.96. The smallest absolute Gasteiger partial charge is 0.0279 e. The summed E-state index contributed by atoms with van der Waals surface area (Å²) in [4.78, 5) is 0. The van der Waals surface area contributed by atoms with Crippen molar-refractivity contribution < 1.29 is 0 Å². The van der Waals surface area contributed by atoms with Gasteiger partial charge in [-0.05, 0) is 19.0 Å². The van der Waals surface area contributed by atoms with Gasteiger partial charge in [-0.15, -0.1) is 0 Å². The van der Waals surface area contributed by atoms with Crippen molar-refractivity contribution >= 4 is 19.5 Å². The van der Waals surface area contributed by atoms with Crippen molar-refractivity contribution in [3.05, 3.63) is 30.3 Å². The van der Waals surface area contributed by atoms with Crippen molar-refractivity contribution in [2.24, 2.45) is 0 Å². The number of benzene rings is 1. The summed E-state index contributed by atoms with van der Waals surface area (Å²) in [6.45, 7) is 4.39. The Kier molecular flexibility index (Phi) is 2.57. The van der Waals surface area contributed by atoms with Gasteiger partial charge in [0.15, 0.2) is 0 Å². The molecule has 0 spiro atoms. The topological polar surface area (TPSA) is 0 Å². The lowest BCUT2D eigenvalue weighted by Crippen LogP contribution is -2.10. The van der Waals surface area contributed by atoms with E-state index in [-0.39, 0.29) is 0 Å². The molecule has 0 aliphatic rings. The van der Waals surface area contributed by atoms with Crippen LogP contribution >= 0.6 is 0 Å². The molecule has 52 valence electrons. The second-order valence-electron chi connectivity index (χ2n) is 2.63. The first-order chi connectivity index (χ1) is 4.79. The van der Waals surface area contributed by atoms with E-state index in [0.717, 1.165) is 0 Å². The van der Waals surface area contributed by atoms with Gasteiger partial charge in [0.2, 0.25) is 0 Å². The molecule has 0 radical (unpaired) electrons. The first-order valence-electron chi connectivity index (χ1n) is 3.49. The van der Waals surface area contributed by atoms with Crippen LogP contribution in [0.3, 0.4) is 0 Å². The maximum Gasteiger partial charge on any atom is 0.0279 e. The van der Waals surface area contributed by atoms with Crippen molar-refractivity contribution in [1.82, 2.24) is 0 Å². The van der Waals surface area contributed by atoms with Gasteiger partial charge in [-0.1, -0.05) is 35.5 Å². The highest BCUT2D eigenvalue weighted by Gasteiger charge is 1.82. The zero-order chi connectivity index (χ0) is 7.40. The number of hydrogen-bond donors (Lipinski definition) is 0. The number of rotatable bonds is 1. The SMILES string of the molecule is CC(C)=[SiH]c1ccccc1. The van der Waals surface area contributed by atoms with E-state index in [4.69, 9.17) is 0 Å². The zero-order valence-corrected chi connectivity index (χ0v) is 7.62. The Morgan fingerprint density at radius 3 is 2.20 bits per heavy atom. The minimum absolute atomic E-state index is 0.409. The third-order valence-corrected chi connectivity index (χ3v) is 2.55. The van der Waals surface area contributed by atoms with Gasteiger partial charge in [0.1, 0.15) is 0 Å². The van der Waals surface area contributed by atoms with E-state index >= 15 is 0 Å². The van der Waals surface area contributed by atoms with E-state index in [1.807, 2.05) is 0 Å². The largest absolute Gasteiger partial charge is 0.0939 e. The van der Waals surface area contributed by atoms with Crippen molar-refractivity contribution in [1.29, 1.82) is 0 Å². The predicted octanol–water partition coefficient (Wildman–Crippen LogP) is 0.961. The van der Waals surface area contributed by atoms with Gasteiger partial charge in [0.25, 0.3) is 0 Å². The van der Waals surface area contributed by atoms with Crippen LogP contribution in [0.5, 0.6) is 0 Å². The Hall–Kier alpha value is -0.693. The van der Waals surface area contributed by atoms with E-state index in [1.54, 1.807) is 5.17 Å². The summed E-state index contributed by atoms with van der Waals surface area (Å²) >= 11 is 0. The first kappa shape index (κ1) is 7.41. The van der Waals surface area contributed by atoms with E-state index in [1.165, 1.54) is 5.19 Å². The maximum absolute atomic E-state index is 2.20. The van der Waals surface area contributed by atoms with Crippen molar-refractivity contribution in [3.8, 4) is 0 Å². The van der Waals surface area contributed by atoms with Crippen LogP contribution in [-0.4, -0.2) is 14.3 Å². The van der Waals surface area contributed by atoms with Crippen LogP contribution in [0.4, 0.5) is 0 Å². The summed E-state index contributed by atoms with van der Waals surface area (Å²) in [6.07, 6.45) is 0. The van der Waals surface area contributed by atoms with Gasteiger partial charge in [0.05, 0.1) is 0 Å². The highest BCUT2D eigenvalue weighted by atomic mass is 28.2. The molecule has 0 aliphatic heterocycles. The molecule has 10 heavy (non-hydrogen) atoms. The van der Waals surface area contributed by atoms with Crippen LogP contribution in [0.2, 0.25) is 0 Å². The third-order valence-electron chi connectivity index (χ3n) is 1.25. The van der Waals surface area contributed by atoms with Crippen molar-refractivity contribution in [2.75, 3.05) is 0 Å². The van der Waals surface area contributed by atoms with Gasteiger partial charge in [0, 0.05) is 9.13 Å². The maximum atomic E-state index is 2.20. The second-order valence-corrected chi connectivity index (χ2v) is 4.74. The molecule has 0 heterocycles. The summed E-state index contributed by atoms with van der Waals surface area (Å²) in [5.74, 6) is 0. The molecule has 0 unspecified atom stereocenters. The molecule has 1 heteroatoms. The molecule has 1 aromatic rings. The Morgan fingerprint density at radius 2 is 1.70 bits per heavy atom. The second kappa shape index (κ2) is 3.47. The van der Waals surface area contributed by atoms with Crippen LogP contribution in [0.25, 0.3) is 0 Å². The number of hydrogen-bond acceptors (Lipinski definition) is 0. The normalized spacial score (nSPS) is 9.00. The zero-order valence-electron chi connectivity index (χ0n) is 6.46. The van der Waals surface area contributed by atoms with Crippen LogP contribution in [0, 0.1) is 0 Å². The fourth-order valence-electron chi connectivity index (χ4n) is 0.883. The predicted molar refractivity (Wildman–Crippen MR) is 49.6 cm³/mol. The van der Waals surface area contributed by atoms with Gasteiger partial charge in [-0.25, -0.2) is 0 Å². The molecule has 0 aromatic heterocycles. The molecule has 0 fully saturated rings. The molecule has 0 aliphatic carbocycles. The molecule has 1 rings (SSSR count). The average Bonchev–Trinajstić information content (AvgIpc) is 1.88. The van der Waals surface area contributed by atoms with Gasteiger partial charge >= 0.3 is 0 Å². The lowest BCUT2D eigenvalue weighted by molar-refractivity contribution is 1.77.